The summed E-state index contributed by atoms with van der Waals surface area (Å²) in [6.45, 7) is 0.723. The number of primary amides is 1. The molecular formula is C27H27FN2O3. The van der Waals surface area contributed by atoms with E-state index in [9.17, 15) is 14.0 Å². The van der Waals surface area contributed by atoms with E-state index < -0.39 is 11.3 Å². The van der Waals surface area contributed by atoms with Crippen LogP contribution in [0.2, 0.25) is 0 Å². The lowest BCUT2D eigenvalue weighted by atomic mass is 9.80. The first-order valence-electron chi connectivity index (χ1n) is 10.9. The summed E-state index contributed by atoms with van der Waals surface area (Å²) in [6, 6.07) is 21.8. The molecule has 1 unspecified atom stereocenters. The molecule has 0 spiro atoms. The van der Waals surface area contributed by atoms with Crippen LogP contribution in [0, 0.1) is 11.2 Å². The Morgan fingerprint density at radius 1 is 1.03 bits per heavy atom. The molecule has 0 radical (unpaired) electrons. The van der Waals surface area contributed by atoms with Crippen LogP contribution in [0.1, 0.15) is 17.5 Å². The van der Waals surface area contributed by atoms with Gasteiger partial charge < -0.3 is 15.4 Å². The molecule has 1 aliphatic rings. The van der Waals surface area contributed by atoms with Crippen molar-refractivity contribution in [3.8, 4) is 16.9 Å². The normalized spacial score (nSPS) is 17.7. The molecule has 2 amide bonds. The van der Waals surface area contributed by atoms with Crippen molar-refractivity contribution >= 4 is 11.8 Å². The molecule has 1 aliphatic heterocycles. The second-order valence-electron chi connectivity index (χ2n) is 8.59. The predicted molar refractivity (Wildman–Crippen MR) is 125 cm³/mol. The van der Waals surface area contributed by atoms with Gasteiger partial charge in [-0.25, -0.2) is 4.39 Å². The van der Waals surface area contributed by atoms with E-state index >= 15 is 0 Å². The molecular weight excluding hydrogens is 419 g/mol. The van der Waals surface area contributed by atoms with E-state index in [-0.39, 0.29) is 24.7 Å². The van der Waals surface area contributed by atoms with E-state index in [1.165, 1.54) is 12.1 Å². The zero-order valence-electron chi connectivity index (χ0n) is 18.6. The second-order valence-corrected chi connectivity index (χ2v) is 8.59. The number of likely N-dealkylation sites (tertiary alicyclic amines) is 1. The van der Waals surface area contributed by atoms with Gasteiger partial charge in [-0.1, -0.05) is 54.6 Å². The quantitative estimate of drug-likeness (QED) is 0.597. The number of amides is 2. The van der Waals surface area contributed by atoms with E-state index in [1.54, 1.807) is 24.1 Å². The molecule has 170 valence electrons. The Morgan fingerprint density at radius 3 is 2.48 bits per heavy atom. The highest BCUT2D eigenvalue weighted by molar-refractivity contribution is 5.85. The average molecular weight is 447 g/mol. The van der Waals surface area contributed by atoms with Crippen LogP contribution in [-0.2, 0) is 22.4 Å². The van der Waals surface area contributed by atoms with Crippen LogP contribution in [0.4, 0.5) is 4.39 Å². The number of para-hydroxylation sites is 1. The topological polar surface area (TPSA) is 72.6 Å². The fourth-order valence-corrected chi connectivity index (χ4v) is 4.53. The zero-order chi connectivity index (χ0) is 23.4. The van der Waals surface area contributed by atoms with Crippen molar-refractivity contribution in [1.29, 1.82) is 0 Å². The molecule has 3 aromatic rings. The smallest absolute Gasteiger partial charge is 0.227 e. The molecule has 0 aliphatic carbocycles. The summed E-state index contributed by atoms with van der Waals surface area (Å²) in [7, 11) is 1.64. The molecule has 5 nitrogen and oxygen atoms in total. The molecule has 0 bridgehead atoms. The first-order valence-corrected chi connectivity index (χ1v) is 10.9. The molecule has 0 saturated carbocycles. The Bertz CT molecular complexity index is 1160. The number of halogens is 1. The van der Waals surface area contributed by atoms with Crippen LogP contribution in [0.25, 0.3) is 11.1 Å². The molecule has 1 fully saturated rings. The van der Waals surface area contributed by atoms with Gasteiger partial charge in [-0.05, 0) is 47.7 Å². The van der Waals surface area contributed by atoms with Crippen LogP contribution in [0.3, 0.4) is 0 Å². The summed E-state index contributed by atoms with van der Waals surface area (Å²) in [4.78, 5) is 26.9. The van der Waals surface area contributed by atoms with Gasteiger partial charge >= 0.3 is 0 Å². The maximum atomic E-state index is 13.5. The van der Waals surface area contributed by atoms with Gasteiger partial charge in [0.2, 0.25) is 11.8 Å². The van der Waals surface area contributed by atoms with Gasteiger partial charge in [0.15, 0.2) is 0 Å². The number of rotatable bonds is 7. The van der Waals surface area contributed by atoms with Gasteiger partial charge in [0.1, 0.15) is 11.6 Å². The summed E-state index contributed by atoms with van der Waals surface area (Å²) in [5.74, 6) is -0.112. The van der Waals surface area contributed by atoms with Crippen molar-refractivity contribution in [1.82, 2.24) is 4.90 Å². The summed E-state index contributed by atoms with van der Waals surface area (Å²) < 4.78 is 18.9. The Balaban J connectivity index is 1.47. The third-order valence-corrected chi connectivity index (χ3v) is 6.39. The zero-order valence-corrected chi connectivity index (χ0v) is 18.6. The van der Waals surface area contributed by atoms with E-state index in [0.717, 1.165) is 22.4 Å². The van der Waals surface area contributed by atoms with E-state index in [0.29, 0.717) is 24.9 Å². The van der Waals surface area contributed by atoms with Crippen LogP contribution in [0.5, 0.6) is 5.75 Å². The van der Waals surface area contributed by atoms with Crippen LogP contribution < -0.4 is 10.5 Å². The SMILES string of the molecule is COc1ccccc1-c1ccc(CC2(C(N)=O)CCN(C(=O)Cc3cccc(F)c3)C2)cc1. The standard InChI is InChI=1S/C27H27FN2O3/c1-33-24-8-3-2-7-23(24)21-11-9-19(10-12-21)17-27(26(29)32)13-14-30(18-27)25(31)16-20-5-4-6-22(28)15-20/h2-12,15H,13-14,16-18H2,1H3,(H2,29,32). The number of hydrogen-bond donors (Lipinski definition) is 1. The molecule has 6 heteroatoms. The molecule has 4 rings (SSSR count). The number of benzene rings is 3. The fraction of sp³-hybridized carbons (Fsp3) is 0.259. The minimum Gasteiger partial charge on any atom is -0.496 e. The average Bonchev–Trinajstić information content (AvgIpc) is 3.25. The van der Waals surface area contributed by atoms with Gasteiger partial charge in [0.25, 0.3) is 0 Å². The van der Waals surface area contributed by atoms with Crippen LogP contribution in [-0.4, -0.2) is 36.9 Å². The molecule has 1 heterocycles. The Hall–Kier alpha value is -3.67. The van der Waals surface area contributed by atoms with Crippen molar-refractivity contribution < 1.29 is 18.7 Å². The Kier molecular flexibility index (Phi) is 6.45. The van der Waals surface area contributed by atoms with Crippen molar-refractivity contribution in [3.05, 3.63) is 89.7 Å². The molecule has 1 atom stereocenters. The number of ether oxygens (including phenoxy) is 1. The van der Waals surface area contributed by atoms with Gasteiger partial charge in [-0.15, -0.1) is 0 Å². The number of methoxy groups -OCH3 is 1. The summed E-state index contributed by atoms with van der Waals surface area (Å²) in [6.07, 6.45) is 1.06. The third kappa shape index (κ3) is 4.90. The Labute approximate surface area is 193 Å². The van der Waals surface area contributed by atoms with Crippen molar-refractivity contribution in [3.63, 3.8) is 0 Å². The highest BCUT2D eigenvalue weighted by atomic mass is 19.1. The highest BCUT2D eigenvalue weighted by Crippen LogP contribution is 2.36. The minimum absolute atomic E-state index is 0.0974. The van der Waals surface area contributed by atoms with Gasteiger partial charge in [-0.3, -0.25) is 9.59 Å². The van der Waals surface area contributed by atoms with E-state index in [4.69, 9.17) is 10.5 Å². The van der Waals surface area contributed by atoms with E-state index in [1.807, 2.05) is 48.5 Å². The highest BCUT2D eigenvalue weighted by Gasteiger charge is 2.44. The predicted octanol–water partition coefficient (Wildman–Crippen LogP) is 3.99. The number of carbonyl (C=O) groups excluding carboxylic acids is 2. The number of hydrogen-bond acceptors (Lipinski definition) is 3. The summed E-state index contributed by atoms with van der Waals surface area (Å²) in [5.41, 5.74) is 8.62. The Morgan fingerprint density at radius 2 is 1.79 bits per heavy atom. The van der Waals surface area contributed by atoms with Crippen LogP contribution in [0.15, 0.2) is 72.8 Å². The first-order chi connectivity index (χ1) is 15.9. The maximum Gasteiger partial charge on any atom is 0.227 e. The number of carbonyl (C=O) groups is 2. The van der Waals surface area contributed by atoms with Gasteiger partial charge in [-0.2, -0.15) is 0 Å². The fourth-order valence-electron chi connectivity index (χ4n) is 4.53. The van der Waals surface area contributed by atoms with Crippen molar-refractivity contribution in [2.75, 3.05) is 20.2 Å². The summed E-state index contributed by atoms with van der Waals surface area (Å²) in [5, 5.41) is 0. The molecule has 0 aromatic heterocycles. The largest absolute Gasteiger partial charge is 0.496 e. The summed E-state index contributed by atoms with van der Waals surface area (Å²) >= 11 is 0. The number of nitrogens with zero attached hydrogens (tertiary/aromatic N) is 1. The minimum atomic E-state index is -0.816. The second kappa shape index (κ2) is 9.45. The lowest BCUT2D eigenvalue weighted by molar-refractivity contribution is -0.131. The molecule has 2 N–H and O–H groups in total. The van der Waals surface area contributed by atoms with Crippen LogP contribution >= 0.6 is 0 Å². The van der Waals surface area contributed by atoms with Crippen molar-refractivity contribution in [2.24, 2.45) is 11.1 Å². The lowest BCUT2D eigenvalue weighted by Gasteiger charge is -2.26. The molecule has 33 heavy (non-hydrogen) atoms. The van der Waals surface area contributed by atoms with Gasteiger partial charge in [0.05, 0.1) is 18.9 Å². The third-order valence-electron chi connectivity index (χ3n) is 6.39. The van der Waals surface area contributed by atoms with E-state index in [2.05, 4.69) is 0 Å². The van der Waals surface area contributed by atoms with Gasteiger partial charge in [0, 0.05) is 18.7 Å². The molecule has 1 saturated heterocycles. The molecule has 3 aromatic carbocycles. The lowest BCUT2D eigenvalue weighted by Crippen LogP contribution is -2.42. The first kappa shape index (κ1) is 22.5. The van der Waals surface area contributed by atoms with Crippen molar-refractivity contribution in [2.45, 2.75) is 19.3 Å². The number of nitrogens with two attached hydrogens (primary N) is 1. The maximum absolute atomic E-state index is 13.5. The monoisotopic (exact) mass is 446 g/mol.